The van der Waals surface area contributed by atoms with Crippen LogP contribution in [0.3, 0.4) is 0 Å². The number of aromatic nitrogens is 2. The number of H-pyrrole nitrogens is 1. The number of fused-ring (bicyclic) bond motifs is 3. The number of aliphatic hydroxyl groups is 1. The number of rotatable bonds is 4. The molecule has 0 amide bonds. The van der Waals surface area contributed by atoms with Gasteiger partial charge in [0, 0.05) is 35.0 Å². The van der Waals surface area contributed by atoms with Crippen molar-refractivity contribution in [1.82, 2.24) is 15.5 Å². The molecule has 2 aliphatic rings. The molecule has 0 unspecified atom stereocenters. The quantitative estimate of drug-likeness (QED) is 0.492. The molecular formula is C22H25N3OS. The van der Waals surface area contributed by atoms with Crippen molar-refractivity contribution < 1.29 is 5.11 Å². The Bertz CT molecular complexity index is 966. The van der Waals surface area contributed by atoms with Gasteiger partial charge < -0.3 is 10.4 Å². The van der Waals surface area contributed by atoms with Gasteiger partial charge in [-0.2, -0.15) is 5.10 Å². The van der Waals surface area contributed by atoms with Crippen LogP contribution < -0.4 is 5.32 Å². The third-order valence-electron chi connectivity index (χ3n) is 5.94. The summed E-state index contributed by atoms with van der Waals surface area (Å²) in [4.78, 5) is 2.60. The molecule has 3 aromatic rings. The van der Waals surface area contributed by atoms with Crippen LogP contribution in [-0.2, 0) is 13.0 Å². The van der Waals surface area contributed by atoms with Crippen molar-refractivity contribution in [2.24, 2.45) is 0 Å². The van der Waals surface area contributed by atoms with Crippen molar-refractivity contribution in [2.45, 2.75) is 57.7 Å². The molecule has 3 N–H and O–H groups in total. The van der Waals surface area contributed by atoms with Crippen molar-refractivity contribution in [3.8, 4) is 21.8 Å². The number of benzene rings is 1. The largest absolute Gasteiger partial charge is 0.393 e. The number of aryl methyl sites for hydroxylation is 1. The Balaban J connectivity index is 1.32. The minimum Gasteiger partial charge on any atom is -0.393 e. The molecule has 27 heavy (non-hydrogen) atoms. The van der Waals surface area contributed by atoms with Crippen LogP contribution >= 0.6 is 11.3 Å². The van der Waals surface area contributed by atoms with Crippen molar-refractivity contribution in [1.29, 1.82) is 0 Å². The molecule has 2 heterocycles. The number of aliphatic hydroxyl groups excluding tert-OH is 1. The predicted octanol–water partition coefficient (Wildman–Crippen LogP) is 4.41. The second-order valence-electron chi connectivity index (χ2n) is 7.89. The summed E-state index contributed by atoms with van der Waals surface area (Å²) in [5, 5.41) is 21.2. The zero-order chi connectivity index (χ0) is 18.4. The van der Waals surface area contributed by atoms with Crippen LogP contribution in [0.4, 0.5) is 0 Å². The van der Waals surface area contributed by atoms with E-state index in [2.05, 4.69) is 52.8 Å². The molecule has 5 rings (SSSR count). The van der Waals surface area contributed by atoms with Crippen molar-refractivity contribution in [2.75, 3.05) is 0 Å². The first kappa shape index (κ1) is 17.2. The van der Waals surface area contributed by atoms with Gasteiger partial charge >= 0.3 is 0 Å². The lowest BCUT2D eigenvalue weighted by atomic mass is 9.93. The molecule has 140 valence electrons. The number of thiophene rings is 1. The number of hydrogen-bond donors (Lipinski definition) is 3. The van der Waals surface area contributed by atoms with E-state index in [-0.39, 0.29) is 6.10 Å². The Hall–Kier alpha value is -1.95. The smallest absolute Gasteiger partial charge is 0.0965 e. The summed E-state index contributed by atoms with van der Waals surface area (Å²) in [6.07, 6.45) is 4.86. The fraction of sp³-hybridized carbons (Fsp3) is 0.409. The first-order valence-electron chi connectivity index (χ1n) is 9.85. The number of nitrogens with one attached hydrogen (secondary N) is 2. The highest BCUT2D eigenvalue weighted by Crippen LogP contribution is 2.41. The highest BCUT2D eigenvalue weighted by atomic mass is 32.1. The maximum atomic E-state index is 9.65. The molecule has 0 atom stereocenters. The molecule has 0 spiro atoms. The molecule has 1 fully saturated rings. The second-order valence-corrected chi connectivity index (χ2v) is 9.18. The van der Waals surface area contributed by atoms with E-state index in [1.54, 1.807) is 0 Å². The lowest BCUT2D eigenvalue weighted by Gasteiger charge is -2.26. The first-order valence-corrected chi connectivity index (χ1v) is 10.7. The van der Waals surface area contributed by atoms with Crippen molar-refractivity contribution >= 4 is 11.3 Å². The van der Waals surface area contributed by atoms with Gasteiger partial charge in [0.05, 0.1) is 22.4 Å². The molecule has 1 saturated carbocycles. The maximum Gasteiger partial charge on any atom is 0.0965 e. The van der Waals surface area contributed by atoms with Crippen LogP contribution in [-0.4, -0.2) is 27.4 Å². The Morgan fingerprint density at radius 2 is 2.04 bits per heavy atom. The summed E-state index contributed by atoms with van der Waals surface area (Å²) in [5.74, 6) is 0. The van der Waals surface area contributed by atoms with Gasteiger partial charge in [-0.25, -0.2) is 0 Å². The Kier molecular flexibility index (Phi) is 4.38. The van der Waals surface area contributed by atoms with Gasteiger partial charge in [-0.1, -0.05) is 18.2 Å². The minimum absolute atomic E-state index is 0.0913. The Morgan fingerprint density at radius 3 is 2.81 bits per heavy atom. The van der Waals surface area contributed by atoms with Gasteiger partial charge in [-0.3, -0.25) is 5.10 Å². The van der Waals surface area contributed by atoms with Crippen LogP contribution in [0.15, 0.2) is 30.3 Å². The highest BCUT2D eigenvalue weighted by molar-refractivity contribution is 7.15. The molecule has 1 aromatic carbocycles. The van der Waals surface area contributed by atoms with Gasteiger partial charge in [0.2, 0.25) is 0 Å². The first-order chi connectivity index (χ1) is 13.2. The van der Waals surface area contributed by atoms with E-state index in [4.69, 9.17) is 0 Å². The third-order valence-corrected chi connectivity index (χ3v) is 6.96. The summed E-state index contributed by atoms with van der Waals surface area (Å²) < 4.78 is 0. The van der Waals surface area contributed by atoms with E-state index in [9.17, 15) is 5.11 Å². The van der Waals surface area contributed by atoms with Crippen LogP contribution in [0.25, 0.3) is 21.8 Å². The van der Waals surface area contributed by atoms with Crippen LogP contribution in [0.5, 0.6) is 0 Å². The summed E-state index contributed by atoms with van der Waals surface area (Å²) in [6, 6.07) is 11.7. The molecule has 5 heteroatoms. The molecule has 2 aliphatic carbocycles. The van der Waals surface area contributed by atoms with Crippen LogP contribution in [0.2, 0.25) is 0 Å². The van der Waals surface area contributed by atoms with Crippen molar-refractivity contribution in [3.05, 3.63) is 51.9 Å². The van der Waals surface area contributed by atoms with Gasteiger partial charge in [0.15, 0.2) is 0 Å². The zero-order valence-corrected chi connectivity index (χ0v) is 16.4. The Labute approximate surface area is 163 Å². The number of nitrogens with zero attached hydrogens (tertiary/aromatic N) is 1. The molecule has 0 saturated heterocycles. The van der Waals surface area contributed by atoms with Crippen LogP contribution in [0.1, 0.15) is 47.3 Å². The third kappa shape index (κ3) is 3.24. The highest BCUT2D eigenvalue weighted by Gasteiger charge is 2.26. The van der Waals surface area contributed by atoms with Gasteiger partial charge in [0.1, 0.15) is 0 Å². The van der Waals surface area contributed by atoms with Crippen LogP contribution in [0, 0.1) is 6.92 Å². The fourth-order valence-electron chi connectivity index (χ4n) is 4.40. The number of hydrogen-bond acceptors (Lipinski definition) is 4. The summed E-state index contributed by atoms with van der Waals surface area (Å²) in [6.45, 7) is 3.04. The zero-order valence-electron chi connectivity index (χ0n) is 15.6. The summed E-state index contributed by atoms with van der Waals surface area (Å²) >= 11 is 1.82. The summed E-state index contributed by atoms with van der Waals surface area (Å²) in [5.41, 5.74) is 7.62. The van der Waals surface area contributed by atoms with Gasteiger partial charge in [0.25, 0.3) is 0 Å². The normalized spacial score (nSPS) is 21.3. The predicted molar refractivity (Wildman–Crippen MR) is 110 cm³/mol. The molecule has 0 bridgehead atoms. The molecule has 2 aromatic heterocycles. The maximum absolute atomic E-state index is 9.65. The second kappa shape index (κ2) is 6.89. The lowest BCUT2D eigenvalue weighted by Crippen LogP contribution is -2.34. The Morgan fingerprint density at radius 1 is 1.19 bits per heavy atom. The fourth-order valence-corrected chi connectivity index (χ4v) is 5.29. The standard InChI is InChI=1S/C22H25N3OS/c1-13-2-9-20(27-13)22-19-11-15-10-14(3-8-18(15)21(19)24-25-22)12-23-16-4-6-17(26)7-5-16/h2-3,8-10,16-17,23,26H,4-7,11-12H2,1H3,(H,24,25). The molecule has 4 nitrogen and oxygen atoms in total. The average Bonchev–Trinajstić information content (AvgIpc) is 3.35. The van der Waals surface area contributed by atoms with E-state index < -0.39 is 0 Å². The van der Waals surface area contributed by atoms with Gasteiger partial charge in [-0.15, -0.1) is 11.3 Å². The topological polar surface area (TPSA) is 60.9 Å². The van der Waals surface area contributed by atoms with E-state index >= 15 is 0 Å². The van der Waals surface area contributed by atoms with E-state index in [1.807, 2.05) is 11.3 Å². The van der Waals surface area contributed by atoms with Gasteiger partial charge in [-0.05, 0) is 55.9 Å². The SMILES string of the molecule is Cc1ccc(-c2[nH]nc3c2Cc2cc(CNC4CCC(O)CC4)ccc2-3)s1. The monoisotopic (exact) mass is 379 g/mol. The lowest BCUT2D eigenvalue weighted by molar-refractivity contribution is 0.116. The average molecular weight is 380 g/mol. The molecular weight excluding hydrogens is 354 g/mol. The van der Waals surface area contributed by atoms with E-state index in [0.717, 1.165) is 44.3 Å². The molecule has 0 radical (unpaired) electrons. The van der Waals surface area contributed by atoms with E-state index in [0.29, 0.717) is 6.04 Å². The van der Waals surface area contributed by atoms with Crippen molar-refractivity contribution in [3.63, 3.8) is 0 Å². The van der Waals surface area contributed by atoms with E-state index in [1.165, 1.54) is 37.7 Å². The molecule has 0 aliphatic heterocycles. The minimum atomic E-state index is -0.0913. The number of aromatic amines is 1. The summed E-state index contributed by atoms with van der Waals surface area (Å²) in [7, 11) is 0.